The standard InChI is InChI=1S/C33H48N4O2/c1-39-32-15-9-8-14-31(32)36-24-22-35(23-25-36)30-18-21-34(26-28-12-6-5-7-13-28)27-29(30)16-17-33(38)37-19-10-3-2-4-11-20-37/h5-9,12-15,29-30H,2-4,10-11,16-27H2,1H3/t29-,30+/m0/s1. The highest BCUT2D eigenvalue weighted by Gasteiger charge is 2.35. The molecule has 0 radical (unpaired) electrons. The van der Waals surface area contributed by atoms with Crippen LogP contribution in [0.1, 0.15) is 56.9 Å². The van der Waals surface area contributed by atoms with Crippen molar-refractivity contribution in [1.29, 1.82) is 0 Å². The number of rotatable bonds is 8. The van der Waals surface area contributed by atoms with Crippen molar-refractivity contribution in [3.05, 3.63) is 60.2 Å². The highest BCUT2D eigenvalue weighted by Crippen LogP contribution is 2.32. The number of carbonyl (C=O) groups is 1. The van der Waals surface area contributed by atoms with Crippen molar-refractivity contribution < 1.29 is 9.53 Å². The Morgan fingerprint density at radius 1 is 0.821 bits per heavy atom. The van der Waals surface area contributed by atoms with Crippen LogP contribution in [0.25, 0.3) is 0 Å². The fourth-order valence-corrected chi connectivity index (χ4v) is 6.99. The van der Waals surface area contributed by atoms with Crippen molar-refractivity contribution in [2.75, 3.05) is 64.4 Å². The topological polar surface area (TPSA) is 39.3 Å². The first kappa shape index (κ1) is 28.0. The molecular weight excluding hydrogens is 484 g/mol. The molecular formula is C33H48N4O2. The summed E-state index contributed by atoms with van der Waals surface area (Å²) in [4.78, 5) is 23.3. The lowest BCUT2D eigenvalue weighted by Gasteiger charge is -2.47. The predicted molar refractivity (Wildman–Crippen MR) is 159 cm³/mol. The van der Waals surface area contributed by atoms with Crippen LogP contribution in [-0.2, 0) is 11.3 Å². The largest absolute Gasteiger partial charge is 0.495 e. The van der Waals surface area contributed by atoms with Gasteiger partial charge in [-0.05, 0) is 55.8 Å². The molecule has 2 atom stereocenters. The zero-order valence-corrected chi connectivity index (χ0v) is 24.0. The number of piperidine rings is 1. The number of amides is 1. The van der Waals surface area contributed by atoms with Crippen LogP contribution in [0.15, 0.2) is 54.6 Å². The lowest BCUT2D eigenvalue weighted by Crippen LogP contribution is -2.56. The molecule has 0 aliphatic carbocycles. The van der Waals surface area contributed by atoms with Gasteiger partial charge >= 0.3 is 0 Å². The Hall–Kier alpha value is -2.57. The van der Waals surface area contributed by atoms with Crippen LogP contribution in [-0.4, -0.2) is 86.1 Å². The molecule has 0 unspecified atom stereocenters. The number of para-hydroxylation sites is 2. The lowest BCUT2D eigenvalue weighted by molar-refractivity contribution is -0.132. The van der Waals surface area contributed by atoms with Crippen LogP contribution in [0.4, 0.5) is 5.69 Å². The number of nitrogens with zero attached hydrogens (tertiary/aromatic N) is 4. The summed E-state index contributed by atoms with van der Waals surface area (Å²) < 4.78 is 5.64. The van der Waals surface area contributed by atoms with E-state index in [1.54, 1.807) is 7.11 Å². The molecule has 0 spiro atoms. The third kappa shape index (κ3) is 7.55. The van der Waals surface area contributed by atoms with Gasteiger partial charge in [0.25, 0.3) is 0 Å². The van der Waals surface area contributed by atoms with Gasteiger partial charge in [-0.1, -0.05) is 61.7 Å². The van der Waals surface area contributed by atoms with Crippen molar-refractivity contribution in [2.45, 2.75) is 64.0 Å². The van der Waals surface area contributed by atoms with E-state index in [0.29, 0.717) is 24.3 Å². The summed E-state index contributed by atoms with van der Waals surface area (Å²) in [6.45, 7) is 9.30. The molecule has 3 fully saturated rings. The summed E-state index contributed by atoms with van der Waals surface area (Å²) in [6.07, 6.45) is 9.07. The number of hydrogen-bond donors (Lipinski definition) is 0. The first-order valence-corrected chi connectivity index (χ1v) is 15.4. The van der Waals surface area contributed by atoms with Crippen molar-refractivity contribution in [1.82, 2.24) is 14.7 Å². The third-order valence-corrected chi connectivity index (χ3v) is 9.17. The minimum absolute atomic E-state index is 0.386. The zero-order valence-electron chi connectivity index (χ0n) is 24.0. The predicted octanol–water partition coefficient (Wildman–Crippen LogP) is 5.28. The van der Waals surface area contributed by atoms with Gasteiger partial charge in [0.2, 0.25) is 5.91 Å². The molecule has 1 amide bonds. The molecule has 2 aromatic rings. The number of piperazine rings is 1. The number of benzene rings is 2. The van der Waals surface area contributed by atoms with E-state index in [9.17, 15) is 4.79 Å². The smallest absolute Gasteiger partial charge is 0.222 e. The van der Waals surface area contributed by atoms with Crippen molar-refractivity contribution >= 4 is 11.6 Å². The summed E-state index contributed by atoms with van der Waals surface area (Å²) in [5.74, 6) is 1.87. The Morgan fingerprint density at radius 2 is 1.51 bits per heavy atom. The molecule has 6 nitrogen and oxygen atoms in total. The molecule has 0 bridgehead atoms. The average Bonchev–Trinajstić information content (AvgIpc) is 2.96. The second-order valence-corrected chi connectivity index (χ2v) is 11.7. The third-order valence-electron chi connectivity index (χ3n) is 9.17. The zero-order chi connectivity index (χ0) is 26.9. The highest BCUT2D eigenvalue weighted by atomic mass is 16.5. The monoisotopic (exact) mass is 532 g/mol. The van der Waals surface area contributed by atoms with Gasteiger partial charge in [0.1, 0.15) is 5.75 Å². The number of likely N-dealkylation sites (tertiary alicyclic amines) is 2. The Bertz CT molecular complexity index is 1020. The van der Waals surface area contributed by atoms with E-state index >= 15 is 0 Å². The molecule has 3 aliphatic rings. The van der Waals surface area contributed by atoms with Gasteiger partial charge < -0.3 is 14.5 Å². The summed E-state index contributed by atoms with van der Waals surface area (Å²) in [5, 5.41) is 0. The van der Waals surface area contributed by atoms with Gasteiger partial charge in [-0.15, -0.1) is 0 Å². The maximum Gasteiger partial charge on any atom is 0.222 e. The van der Waals surface area contributed by atoms with E-state index in [1.807, 2.05) is 6.07 Å². The van der Waals surface area contributed by atoms with Gasteiger partial charge in [-0.3, -0.25) is 14.6 Å². The van der Waals surface area contributed by atoms with E-state index < -0.39 is 0 Å². The van der Waals surface area contributed by atoms with Gasteiger partial charge in [-0.25, -0.2) is 0 Å². The molecule has 5 rings (SSSR count). The maximum atomic E-state index is 13.3. The lowest BCUT2D eigenvalue weighted by atomic mass is 9.86. The Kier molecular flexibility index (Phi) is 10.2. The van der Waals surface area contributed by atoms with Crippen LogP contribution >= 0.6 is 0 Å². The second kappa shape index (κ2) is 14.2. The quantitative estimate of drug-likeness (QED) is 0.463. The molecule has 39 heavy (non-hydrogen) atoms. The van der Waals surface area contributed by atoms with Crippen molar-refractivity contribution in [3.8, 4) is 5.75 Å². The van der Waals surface area contributed by atoms with Gasteiger partial charge in [0.05, 0.1) is 12.8 Å². The fourth-order valence-electron chi connectivity index (χ4n) is 6.99. The Balaban J connectivity index is 1.22. The van der Waals surface area contributed by atoms with Crippen molar-refractivity contribution in [3.63, 3.8) is 0 Å². The fraction of sp³-hybridized carbons (Fsp3) is 0.606. The second-order valence-electron chi connectivity index (χ2n) is 11.7. The molecule has 0 N–H and O–H groups in total. The molecule has 212 valence electrons. The van der Waals surface area contributed by atoms with Crippen LogP contribution in [0.3, 0.4) is 0 Å². The van der Waals surface area contributed by atoms with Crippen LogP contribution in [0, 0.1) is 5.92 Å². The molecule has 3 heterocycles. The number of methoxy groups -OCH3 is 1. The summed E-state index contributed by atoms with van der Waals surface area (Å²) >= 11 is 0. The minimum atomic E-state index is 0.386. The van der Waals surface area contributed by atoms with Crippen LogP contribution in [0.2, 0.25) is 0 Å². The SMILES string of the molecule is COc1ccccc1N1CCN([C@@H]2CCN(Cc3ccccc3)C[C@@H]2CCC(=O)N2CCCCCCC2)CC1. The molecule has 0 saturated carbocycles. The van der Waals surface area contributed by atoms with Gasteiger partial charge in [0, 0.05) is 64.8 Å². The first-order chi connectivity index (χ1) is 19.2. The summed E-state index contributed by atoms with van der Waals surface area (Å²) in [5.41, 5.74) is 2.59. The first-order valence-electron chi connectivity index (χ1n) is 15.4. The molecule has 2 aromatic carbocycles. The minimum Gasteiger partial charge on any atom is -0.495 e. The Morgan fingerprint density at radius 3 is 2.26 bits per heavy atom. The highest BCUT2D eigenvalue weighted by molar-refractivity contribution is 5.76. The molecule has 6 heteroatoms. The molecule has 3 aliphatic heterocycles. The average molecular weight is 533 g/mol. The number of anilines is 1. The molecule has 3 saturated heterocycles. The number of hydrogen-bond acceptors (Lipinski definition) is 5. The normalized spacial score (nSPS) is 23.7. The Labute approximate surface area is 235 Å². The number of carbonyl (C=O) groups excluding carboxylic acids is 1. The van der Waals surface area contributed by atoms with E-state index in [1.165, 1.54) is 49.8 Å². The van der Waals surface area contributed by atoms with Gasteiger partial charge in [0.15, 0.2) is 0 Å². The maximum absolute atomic E-state index is 13.3. The van der Waals surface area contributed by atoms with Crippen LogP contribution in [0.5, 0.6) is 5.75 Å². The van der Waals surface area contributed by atoms with E-state index in [0.717, 1.165) is 71.1 Å². The van der Waals surface area contributed by atoms with Crippen LogP contribution < -0.4 is 9.64 Å². The number of ether oxygens (including phenoxy) is 1. The van der Waals surface area contributed by atoms with Crippen molar-refractivity contribution in [2.24, 2.45) is 5.92 Å². The van der Waals surface area contributed by atoms with E-state index in [2.05, 4.69) is 68.1 Å². The van der Waals surface area contributed by atoms with E-state index in [4.69, 9.17) is 4.74 Å². The summed E-state index contributed by atoms with van der Waals surface area (Å²) in [7, 11) is 1.76. The van der Waals surface area contributed by atoms with E-state index in [-0.39, 0.29) is 0 Å². The van der Waals surface area contributed by atoms with Gasteiger partial charge in [-0.2, -0.15) is 0 Å². The summed E-state index contributed by atoms with van der Waals surface area (Å²) in [6, 6.07) is 19.8. The molecule has 0 aromatic heterocycles.